The van der Waals surface area contributed by atoms with Gasteiger partial charge >= 0.3 is 0 Å². The minimum Gasteiger partial charge on any atom is -0.320 e. The first kappa shape index (κ1) is 14.5. The number of rotatable bonds is 4. The van der Waals surface area contributed by atoms with Gasteiger partial charge in [-0.1, -0.05) is 13.3 Å². The molecule has 0 aromatic rings. The molecule has 11 heavy (non-hydrogen) atoms. The van der Waals surface area contributed by atoms with Gasteiger partial charge in [-0.3, -0.25) is 0 Å². The molecule has 1 atom stereocenters. The first-order valence-electron chi connectivity index (χ1n) is 3.84. The van der Waals surface area contributed by atoms with Crippen LogP contribution in [-0.4, -0.2) is 16.9 Å². The summed E-state index contributed by atoms with van der Waals surface area (Å²) in [5.74, 6) is 1.90. The van der Waals surface area contributed by atoms with Crippen molar-refractivity contribution in [1.29, 1.82) is 0 Å². The number of hydrogen-bond donors (Lipinski definition) is 4. The lowest BCUT2D eigenvalue weighted by molar-refractivity contribution is 0.707. The fourth-order valence-electron chi connectivity index (χ4n) is 0.465. The number of unbranched alkanes of at least 4 members (excludes halogenated alkanes) is 1. The van der Waals surface area contributed by atoms with Crippen LogP contribution in [0.3, 0.4) is 0 Å². The highest BCUT2D eigenvalue weighted by atomic mass is 32.1. The third kappa shape index (κ3) is 24.7. The summed E-state index contributed by atoms with van der Waals surface area (Å²) in [7, 11) is 0. The molecular formula is C7H19NS3. The lowest BCUT2D eigenvalue weighted by Crippen LogP contribution is -2.10. The third-order valence-electron chi connectivity index (χ3n) is 0.908. The quantitative estimate of drug-likeness (QED) is 0.322. The van der Waals surface area contributed by atoms with Crippen LogP contribution in [0.5, 0.6) is 0 Å². The second-order valence-corrected chi connectivity index (χ2v) is 3.85. The van der Waals surface area contributed by atoms with Gasteiger partial charge in [-0.25, -0.2) is 0 Å². The normalized spacial score (nSPS) is 11.7. The molecule has 0 fully saturated rings. The maximum absolute atomic E-state index is 5.37. The largest absolute Gasteiger partial charge is 0.320 e. The van der Waals surface area contributed by atoms with Crippen molar-refractivity contribution >= 4 is 37.9 Å². The molecule has 2 N–H and O–H groups in total. The SMILES string of the molecule is CCS.NC(S)CCCCS. The molecule has 70 valence electrons. The van der Waals surface area contributed by atoms with Gasteiger partial charge < -0.3 is 5.73 Å². The minimum absolute atomic E-state index is 0.0647. The molecule has 4 heteroatoms. The van der Waals surface area contributed by atoms with Gasteiger partial charge in [0.05, 0.1) is 0 Å². The molecule has 0 aliphatic heterocycles. The summed E-state index contributed by atoms with van der Waals surface area (Å²) in [5.41, 5.74) is 5.37. The van der Waals surface area contributed by atoms with E-state index in [9.17, 15) is 0 Å². The molecule has 0 aliphatic carbocycles. The lowest BCUT2D eigenvalue weighted by Gasteiger charge is -2.00. The molecule has 0 saturated carbocycles. The highest BCUT2D eigenvalue weighted by Crippen LogP contribution is 2.01. The second kappa shape index (κ2) is 13.6. The summed E-state index contributed by atoms with van der Waals surface area (Å²) in [4.78, 5) is 0. The van der Waals surface area contributed by atoms with Gasteiger partial charge in [0.1, 0.15) is 0 Å². The molecule has 0 heterocycles. The zero-order valence-corrected chi connectivity index (χ0v) is 9.72. The fourth-order valence-corrected chi connectivity index (χ4v) is 0.871. The van der Waals surface area contributed by atoms with Crippen molar-refractivity contribution in [2.45, 2.75) is 31.6 Å². The van der Waals surface area contributed by atoms with Crippen LogP contribution in [0.15, 0.2) is 0 Å². The van der Waals surface area contributed by atoms with Crippen molar-refractivity contribution < 1.29 is 0 Å². The zero-order chi connectivity index (χ0) is 9.11. The number of nitrogens with two attached hydrogens (primary N) is 1. The predicted octanol–water partition coefficient (Wildman–Crippen LogP) is 2.24. The summed E-state index contributed by atoms with van der Waals surface area (Å²) in [6, 6.07) is 0. The summed E-state index contributed by atoms with van der Waals surface area (Å²) in [6.07, 6.45) is 3.30. The highest BCUT2D eigenvalue weighted by molar-refractivity contribution is 7.81. The van der Waals surface area contributed by atoms with Crippen molar-refractivity contribution in [3.63, 3.8) is 0 Å². The van der Waals surface area contributed by atoms with Gasteiger partial charge in [0.15, 0.2) is 0 Å². The van der Waals surface area contributed by atoms with Crippen LogP contribution in [0.2, 0.25) is 0 Å². The maximum atomic E-state index is 5.37. The third-order valence-corrected chi connectivity index (χ3v) is 1.48. The van der Waals surface area contributed by atoms with E-state index in [2.05, 4.69) is 37.9 Å². The van der Waals surface area contributed by atoms with E-state index in [1.54, 1.807) is 0 Å². The molecule has 0 spiro atoms. The van der Waals surface area contributed by atoms with Gasteiger partial charge in [0, 0.05) is 5.37 Å². The van der Waals surface area contributed by atoms with Crippen molar-refractivity contribution in [2.75, 3.05) is 11.5 Å². The Kier molecular flexibility index (Phi) is 17.9. The molecular weight excluding hydrogens is 194 g/mol. The molecule has 0 saturated heterocycles. The van der Waals surface area contributed by atoms with E-state index >= 15 is 0 Å². The Hall–Kier alpha value is 1.01. The van der Waals surface area contributed by atoms with Crippen LogP contribution >= 0.6 is 37.9 Å². The average Bonchev–Trinajstić information content (AvgIpc) is 1.89. The molecule has 0 aromatic carbocycles. The Morgan fingerprint density at radius 2 is 1.73 bits per heavy atom. The Morgan fingerprint density at radius 1 is 1.27 bits per heavy atom. The van der Waals surface area contributed by atoms with E-state index in [4.69, 9.17) is 5.73 Å². The molecule has 1 unspecified atom stereocenters. The number of thiol groups is 3. The van der Waals surface area contributed by atoms with Gasteiger partial charge in [-0.15, -0.1) is 0 Å². The Labute approximate surface area is 86.7 Å². The molecule has 0 aromatic heterocycles. The van der Waals surface area contributed by atoms with Crippen LogP contribution < -0.4 is 5.73 Å². The standard InChI is InChI=1S/C5H13NS2.C2H6S/c6-5(8)3-1-2-4-7;1-2-3/h5,7-8H,1-4,6H2;3H,2H2,1H3. The fraction of sp³-hybridized carbons (Fsp3) is 1.00. The average molecular weight is 213 g/mol. The Morgan fingerprint density at radius 3 is 2.00 bits per heavy atom. The van der Waals surface area contributed by atoms with Gasteiger partial charge in [-0.2, -0.15) is 37.9 Å². The van der Waals surface area contributed by atoms with E-state index in [-0.39, 0.29) is 5.37 Å². The van der Waals surface area contributed by atoms with Crippen LogP contribution in [0.25, 0.3) is 0 Å². The first-order valence-corrected chi connectivity index (χ1v) is 5.62. The Bertz CT molecular complexity index is 59.6. The van der Waals surface area contributed by atoms with Gasteiger partial charge in [0.2, 0.25) is 0 Å². The minimum atomic E-state index is 0.0647. The first-order chi connectivity index (χ1) is 5.18. The smallest absolute Gasteiger partial charge is 0.0477 e. The van der Waals surface area contributed by atoms with E-state index in [0.717, 1.165) is 30.8 Å². The molecule has 1 nitrogen and oxygen atoms in total. The predicted molar refractivity (Wildman–Crippen MR) is 64.2 cm³/mol. The maximum Gasteiger partial charge on any atom is 0.0477 e. The molecule has 0 bridgehead atoms. The second-order valence-electron chi connectivity index (χ2n) is 2.10. The van der Waals surface area contributed by atoms with Crippen LogP contribution in [0.1, 0.15) is 26.2 Å². The van der Waals surface area contributed by atoms with Crippen LogP contribution in [0, 0.1) is 0 Å². The highest BCUT2D eigenvalue weighted by Gasteiger charge is 1.91. The lowest BCUT2D eigenvalue weighted by atomic mass is 10.2. The van der Waals surface area contributed by atoms with Crippen molar-refractivity contribution in [3.05, 3.63) is 0 Å². The summed E-state index contributed by atoms with van der Waals surface area (Å²) < 4.78 is 0. The van der Waals surface area contributed by atoms with E-state index in [1.807, 2.05) is 6.92 Å². The molecule has 0 amide bonds. The van der Waals surface area contributed by atoms with Crippen LogP contribution in [0.4, 0.5) is 0 Å². The summed E-state index contributed by atoms with van der Waals surface area (Å²) >= 11 is 11.9. The summed E-state index contributed by atoms with van der Waals surface area (Å²) in [5, 5.41) is 0.0647. The summed E-state index contributed by atoms with van der Waals surface area (Å²) in [6.45, 7) is 1.99. The van der Waals surface area contributed by atoms with Crippen molar-refractivity contribution in [1.82, 2.24) is 0 Å². The zero-order valence-electron chi connectivity index (χ0n) is 7.03. The Balaban J connectivity index is 0. The number of hydrogen-bond acceptors (Lipinski definition) is 4. The molecule has 0 rings (SSSR count). The topological polar surface area (TPSA) is 26.0 Å². The molecule has 0 radical (unpaired) electrons. The van der Waals surface area contributed by atoms with E-state index in [1.165, 1.54) is 0 Å². The van der Waals surface area contributed by atoms with E-state index < -0.39 is 0 Å². The molecule has 0 aliphatic rings. The van der Waals surface area contributed by atoms with E-state index in [0.29, 0.717) is 0 Å². The van der Waals surface area contributed by atoms with Crippen LogP contribution in [-0.2, 0) is 0 Å². The van der Waals surface area contributed by atoms with Crippen molar-refractivity contribution in [2.24, 2.45) is 5.73 Å². The van der Waals surface area contributed by atoms with Crippen molar-refractivity contribution in [3.8, 4) is 0 Å². The van der Waals surface area contributed by atoms with Gasteiger partial charge in [-0.05, 0) is 24.3 Å². The monoisotopic (exact) mass is 213 g/mol. The van der Waals surface area contributed by atoms with Gasteiger partial charge in [0.25, 0.3) is 0 Å².